The molecule has 176 valence electrons. The summed E-state index contributed by atoms with van der Waals surface area (Å²) >= 11 is 0. The van der Waals surface area contributed by atoms with Crippen LogP contribution < -0.4 is 4.74 Å². The lowest BCUT2D eigenvalue weighted by Gasteiger charge is -2.48. The van der Waals surface area contributed by atoms with Crippen LogP contribution in [0.4, 0.5) is 8.78 Å². The van der Waals surface area contributed by atoms with Crippen LogP contribution in [0.25, 0.3) is 0 Å². The highest BCUT2D eigenvalue weighted by molar-refractivity contribution is 7.88. The minimum atomic E-state index is -3.63. The minimum absolute atomic E-state index is 0.0806. The van der Waals surface area contributed by atoms with Gasteiger partial charge >= 0.3 is 6.61 Å². The van der Waals surface area contributed by atoms with Crippen molar-refractivity contribution in [3.05, 3.63) is 65.7 Å². The van der Waals surface area contributed by atoms with Crippen molar-refractivity contribution in [3.8, 4) is 5.75 Å². The Bertz CT molecular complexity index is 989. The van der Waals surface area contributed by atoms with E-state index >= 15 is 0 Å². The van der Waals surface area contributed by atoms with Crippen molar-refractivity contribution in [1.82, 2.24) is 9.21 Å². The first-order chi connectivity index (χ1) is 15.2. The lowest BCUT2D eigenvalue weighted by Crippen LogP contribution is -2.56. The number of hydrogen-bond donors (Lipinski definition) is 0. The van der Waals surface area contributed by atoms with Crippen LogP contribution in [0.3, 0.4) is 0 Å². The Hall–Kier alpha value is -2.07. The third-order valence-corrected chi connectivity index (χ3v) is 7.66. The highest BCUT2D eigenvalue weighted by Gasteiger charge is 2.49. The second-order valence-electron chi connectivity index (χ2n) is 8.31. The molecule has 0 aromatic heterocycles. The van der Waals surface area contributed by atoms with Gasteiger partial charge in [-0.25, -0.2) is 12.7 Å². The number of benzene rings is 2. The summed E-state index contributed by atoms with van der Waals surface area (Å²) in [6.07, 6.45) is 0.108. The van der Waals surface area contributed by atoms with Gasteiger partial charge < -0.3 is 14.4 Å². The Labute approximate surface area is 188 Å². The molecule has 1 heterocycles. The van der Waals surface area contributed by atoms with E-state index in [1.165, 1.54) is 11.4 Å². The zero-order valence-corrected chi connectivity index (χ0v) is 19.4. The predicted octanol–water partition coefficient (Wildman–Crippen LogP) is 3.54. The van der Waals surface area contributed by atoms with Crippen LogP contribution >= 0.6 is 0 Å². The van der Waals surface area contributed by atoms with E-state index in [1.807, 2.05) is 25.1 Å². The van der Waals surface area contributed by atoms with Gasteiger partial charge in [-0.15, -0.1) is 0 Å². The molecular weight excluding hydrogens is 438 g/mol. The molecule has 0 spiro atoms. The van der Waals surface area contributed by atoms with Gasteiger partial charge in [0.25, 0.3) is 0 Å². The molecule has 3 rings (SSSR count). The lowest BCUT2D eigenvalue weighted by atomic mass is 9.76. The van der Waals surface area contributed by atoms with Crippen LogP contribution in [0.1, 0.15) is 17.5 Å². The molecule has 32 heavy (non-hydrogen) atoms. The fourth-order valence-electron chi connectivity index (χ4n) is 4.40. The first-order valence-corrected chi connectivity index (χ1v) is 12.0. The Morgan fingerprint density at radius 2 is 1.88 bits per heavy atom. The molecule has 0 amide bonds. The van der Waals surface area contributed by atoms with Crippen LogP contribution in [0.5, 0.6) is 5.75 Å². The summed E-state index contributed by atoms with van der Waals surface area (Å²) in [6, 6.07) is 15.8. The standard InChI is InChI=1S/C23H30F2N2O4S/c1-26(2)15-20-16-27(32(28,29)17-18-8-5-4-6-9-18)13-12-23(20,31-22(24)25)19-10-7-11-21(14-19)30-3/h4-11,14,20,22H,12-13,15-17H2,1-3H3/t20?,23-/m0/s1. The van der Waals surface area contributed by atoms with E-state index < -0.39 is 28.2 Å². The average Bonchev–Trinajstić information content (AvgIpc) is 2.74. The normalized spacial score (nSPS) is 22.4. The van der Waals surface area contributed by atoms with Gasteiger partial charge in [0.05, 0.1) is 12.9 Å². The van der Waals surface area contributed by atoms with E-state index in [2.05, 4.69) is 0 Å². The first-order valence-electron chi connectivity index (χ1n) is 10.4. The first kappa shape index (κ1) is 24.6. The van der Waals surface area contributed by atoms with Crippen molar-refractivity contribution in [2.75, 3.05) is 40.8 Å². The van der Waals surface area contributed by atoms with E-state index in [0.29, 0.717) is 23.4 Å². The van der Waals surface area contributed by atoms with E-state index in [0.717, 1.165) is 0 Å². The number of hydrogen-bond acceptors (Lipinski definition) is 5. The molecule has 1 unspecified atom stereocenters. The van der Waals surface area contributed by atoms with Crippen LogP contribution in [0.2, 0.25) is 0 Å². The summed E-state index contributed by atoms with van der Waals surface area (Å²) in [5, 5.41) is 0. The fourth-order valence-corrected chi connectivity index (χ4v) is 5.98. The van der Waals surface area contributed by atoms with E-state index in [4.69, 9.17) is 9.47 Å². The van der Waals surface area contributed by atoms with E-state index in [9.17, 15) is 17.2 Å². The molecule has 2 atom stereocenters. The molecule has 2 aromatic rings. The molecule has 9 heteroatoms. The molecule has 0 N–H and O–H groups in total. The van der Waals surface area contributed by atoms with Gasteiger partial charge in [0.1, 0.15) is 11.4 Å². The van der Waals surface area contributed by atoms with Crippen molar-refractivity contribution in [3.63, 3.8) is 0 Å². The van der Waals surface area contributed by atoms with Crippen molar-refractivity contribution in [2.24, 2.45) is 5.92 Å². The Morgan fingerprint density at radius 3 is 2.50 bits per heavy atom. The van der Waals surface area contributed by atoms with Gasteiger partial charge in [-0.2, -0.15) is 8.78 Å². The molecule has 1 fully saturated rings. The zero-order valence-electron chi connectivity index (χ0n) is 18.6. The van der Waals surface area contributed by atoms with Crippen molar-refractivity contribution < 1.29 is 26.7 Å². The molecule has 0 bridgehead atoms. The van der Waals surface area contributed by atoms with Gasteiger partial charge in [0.2, 0.25) is 10.0 Å². The number of sulfonamides is 1. The topological polar surface area (TPSA) is 59.1 Å². The van der Waals surface area contributed by atoms with Crippen molar-refractivity contribution >= 4 is 10.0 Å². The van der Waals surface area contributed by atoms with Gasteiger partial charge in [0.15, 0.2) is 0 Å². The third kappa shape index (κ3) is 5.64. The number of rotatable bonds is 9. The van der Waals surface area contributed by atoms with Crippen molar-refractivity contribution in [1.29, 1.82) is 0 Å². The van der Waals surface area contributed by atoms with Crippen LogP contribution in [0, 0.1) is 5.92 Å². The molecule has 1 saturated heterocycles. The number of piperidine rings is 1. The number of halogens is 2. The summed E-state index contributed by atoms with van der Waals surface area (Å²) in [6.45, 7) is -2.46. The summed E-state index contributed by atoms with van der Waals surface area (Å²) in [7, 11) is 1.54. The molecule has 0 saturated carbocycles. The van der Waals surface area contributed by atoms with E-state index in [1.54, 1.807) is 48.5 Å². The van der Waals surface area contributed by atoms with Gasteiger partial charge in [-0.3, -0.25) is 0 Å². The van der Waals surface area contributed by atoms with Crippen LogP contribution in [0.15, 0.2) is 54.6 Å². The SMILES string of the molecule is COc1cccc([C@@]2(OC(F)F)CCN(S(=O)(=O)Cc3ccccc3)CC2CN(C)C)c1. The molecule has 1 aliphatic rings. The predicted molar refractivity (Wildman–Crippen MR) is 119 cm³/mol. The number of ether oxygens (including phenoxy) is 2. The summed E-state index contributed by atoms with van der Waals surface area (Å²) < 4.78 is 65.7. The third-order valence-electron chi connectivity index (χ3n) is 5.84. The summed E-state index contributed by atoms with van der Waals surface area (Å²) in [4.78, 5) is 1.86. The van der Waals surface area contributed by atoms with E-state index in [-0.39, 0.29) is 25.3 Å². The summed E-state index contributed by atoms with van der Waals surface area (Å²) in [5.74, 6) is -0.120. The number of nitrogens with zero attached hydrogens (tertiary/aromatic N) is 2. The maximum absolute atomic E-state index is 13.7. The van der Waals surface area contributed by atoms with Gasteiger partial charge in [-0.05, 0) is 43.8 Å². The molecule has 1 aliphatic heterocycles. The highest BCUT2D eigenvalue weighted by atomic mass is 32.2. The average molecular weight is 469 g/mol. The number of methoxy groups -OCH3 is 1. The number of alkyl halides is 2. The maximum atomic E-state index is 13.7. The zero-order chi connectivity index (χ0) is 23.4. The van der Waals surface area contributed by atoms with Crippen molar-refractivity contribution in [2.45, 2.75) is 24.4 Å². The molecule has 0 aliphatic carbocycles. The molecule has 0 radical (unpaired) electrons. The Morgan fingerprint density at radius 1 is 1.16 bits per heavy atom. The molecule has 2 aromatic carbocycles. The largest absolute Gasteiger partial charge is 0.497 e. The van der Waals surface area contributed by atoms with Crippen LogP contribution in [-0.4, -0.2) is 65.1 Å². The highest BCUT2D eigenvalue weighted by Crippen LogP contribution is 2.44. The fraction of sp³-hybridized carbons (Fsp3) is 0.478. The minimum Gasteiger partial charge on any atom is -0.497 e. The lowest BCUT2D eigenvalue weighted by molar-refractivity contribution is -0.245. The van der Waals surface area contributed by atoms with Crippen LogP contribution in [-0.2, 0) is 26.1 Å². The second-order valence-corrected chi connectivity index (χ2v) is 10.3. The van der Waals surface area contributed by atoms with Gasteiger partial charge in [0, 0.05) is 25.6 Å². The van der Waals surface area contributed by atoms with Gasteiger partial charge in [-0.1, -0.05) is 42.5 Å². The quantitative estimate of drug-likeness (QED) is 0.564. The smallest absolute Gasteiger partial charge is 0.346 e. The molecular formula is C23H30F2N2O4S. The molecule has 6 nitrogen and oxygen atoms in total. The second kappa shape index (κ2) is 10.2. The monoisotopic (exact) mass is 468 g/mol. The Kier molecular flexibility index (Phi) is 7.87. The Balaban J connectivity index is 1.96. The maximum Gasteiger partial charge on any atom is 0.346 e. The summed E-state index contributed by atoms with van der Waals surface area (Å²) in [5.41, 5.74) is -0.0969.